The van der Waals surface area contributed by atoms with Crippen LogP contribution in [0.15, 0.2) is 42.5 Å². The fourth-order valence-corrected chi connectivity index (χ4v) is 4.20. The lowest BCUT2D eigenvalue weighted by Crippen LogP contribution is -2.43. The van der Waals surface area contributed by atoms with Gasteiger partial charge in [0.1, 0.15) is 0 Å². The first-order chi connectivity index (χ1) is 14.3. The quantitative estimate of drug-likeness (QED) is 0.629. The molecule has 4 nitrogen and oxygen atoms in total. The number of carbonyl (C=O) groups is 2. The smallest absolute Gasteiger partial charge is 0.253 e. The van der Waals surface area contributed by atoms with Crippen molar-refractivity contribution < 1.29 is 9.59 Å². The zero-order chi connectivity index (χ0) is 21.8. The first-order valence-electron chi connectivity index (χ1n) is 10.8. The van der Waals surface area contributed by atoms with Crippen LogP contribution in [-0.4, -0.2) is 29.8 Å². The number of nitrogens with one attached hydrogen (secondary N) is 1. The van der Waals surface area contributed by atoms with Crippen molar-refractivity contribution in [3.8, 4) is 0 Å². The molecule has 160 valence electrons. The largest absolute Gasteiger partial charge is 0.338 e. The molecule has 3 rings (SSSR count). The molecule has 1 aliphatic heterocycles. The molecule has 2 amide bonds. The number of nitrogens with zero attached hydrogens (tertiary/aromatic N) is 1. The highest BCUT2D eigenvalue weighted by molar-refractivity contribution is 6.30. The van der Waals surface area contributed by atoms with Crippen molar-refractivity contribution in [2.45, 2.75) is 52.4 Å². The molecular formula is C25H31ClN2O2. The second kappa shape index (κ2) is 9.65. The first-order valence-corrected chi connectivity index (χ1v) is 11.1. The molecule has 30 heavy (non-hydrogen) atoms. The Kier molecular flexibility index (Phi) is 7.19. The van der Waals surface area contributed by atoms with E-state index in [0.717, 1.165) is 29.7 Å². The minimum atomic E-state index is -0.213. The molecule has 1 N–H and O–H groups in total. The van der Waals surface area contributed by atoms with E-state index in [1.165, 1.54) is 0 Å². The Morgan fingerprint density at radius 3 is 2.17 bits per heavy atom. The molecule has 0 bridgehead atoms. The predicted molar refractivity (Wildman–Crippen MR) is 123 cm³/mol. The lowest BCUT2D eigenvalue weighted by atomic mass is 9.91. The van der Waals surface area contributed by atoms with Crippen LogP contribution in [0.2, 0.25) is 5.02 Å². The van der Waals surface area contributed by atoms with Gasteiger partial charge in [0, 0.05) is 29.4 Å². The fourth-order valence-electron chi connectivity index (χ4n) is 4.07. The zero-order valence-corrected chi connectivity index (χ0v) is 19.0. The summed E-state index contributed by atoms with van der Waals surface area (Å²) in [6, 6.07) is 13.2. The van der Waals surface area contributed by atoms with Gasteiger partial charge in [-0.1, -0.05) is 57.5 Å². The predicted octanol–water partition coefficient (Wildman–Crippen LogP) is 6.08. The molecule has 0 aromatic heterocycles. The van der Waals surface area contributed by atoms with Crippen LogP contribution in [-0.2, 0) is 4.79 Å². The van der Waals surface area contributed by atoms with Crippen molar-refractivity contribution in [2.24, 2.45) is 5.92 Å². The van der Waals surface area contributed by atoms with Crippen molar-refractivity contribution in [2.75, 3.05) is 18.4 Å². The van der Waals surface area contributed by atoms with E-state index in [9.17, 15) is 9.59 Å². The normalized spacial score (nSPS) is 16.8. The van der Waals surface area contributed by atoms with E-state index in [4.69, 9.17) is 11.6 Å². The van der Waals surface area contributed by atoms with Crippen LogP contribution >= 0.6 is 11.6 Å². The van der Waals surface area contributed by atoms with E-state index in [2.05, 4.69) is 51.2 Å². The maximum absolute atomic E-state index is 13.2. The van der Waals surface area contributed by atoms with Gasteiger partial charge in [0.15, 0.2) is 0 Å². The molecule has 1 atom stereocenters. The summed E-state index contributed by atoms with van der Waals surface area (Å²) in [6.07, 6.45) is 1.61. The van der Waals surface area contributed by atoms with Gasteiger partial charge in [-0.3, -0.25) is 9.59 Å². The summed E-state index contributed by atoms with van der Waals surface area (Å²) in [7, 11) is 0. The number of benzene rings is 2. The summed E-state index contributed by atoms with van der Waals surface area (Å²) in [5.41, 5.74) is 3.85. The number of para-hydroxylation sites is 1. The number of carbonyl (C=O) groups excluding carboxylic acids is 2. The highest BCUT2D eigenvalue weighted by Crippen LogP contribution is 2.33. The number of amides is 2. The van der Waals surface area contributed by atoms with E-state index in [0.29, 0.717) is 35.5 Å². The van der Waals surface area contributed by atoms with Gasteiger partial charge in [0.2, 0.25) is 5.91 Å². The van der Waals surface area contributed by atoms with E-state index < -0.39 is 0 Å². The number of hydrogen-bond donors (Lipinski definition) is 1. The Bertz CT molecular complexity index is 880. The average Bonchev–Trinajstić information content (AvgIpc) is 2.73. The fraction of sp³-hybridized carbons (Fsp3) is 0.440. The van der Waals surface area contributed by atoms with E-state index in [1.807, 2.05) is 0 Å². The molecule has 1 aliphatic rings. The highest BCUT2D eigenvalue weighted by Gasteiger charge is 2.30. The molecule has 1 saturated heterocycles. The minimum absolute atomic E-state index is 0.00129. The standard InChI is InChI=1S/C25H31ClN2O2/c1-16(2)21-8-5-9-22(17(3)4)23(21)27-24(29)19-7-6-14-28(15-19)25(30)18-10-12-20(26)13-11-18/h5,8-13,16-17,19H,6-7,14-15H2,1-4H3,(H,27,29)/t19-/m0/s1. The third kappa shape index (κ3) is 5.04. The van der Waals surface area contributed by atoms with Crippen LogP contribution in [0.25, 0.3) is 0 Å². The summed E-state index contributed by atoms with van der Waals surface area (Å²) in [6.45, 7) is 9.67. The Balaban J connectivity index is 1.76. The number of anilines is 1. The average molecular weight is 427 g/mol. The lowest BCUT2D eigenvalue weighted by Gasteiger charge is -2.32. The number of likely N-dealkylation sites (tertiary alicyclic amines) is 1. The third-order valence-corrected chi connectivity index (χ3v) is 6.04. The Labute approximate surface area is 184 Å². The topological polar surface area (TPSA) is 49.4 Å². The summed E-state index contributed by atoms with van der Waals surface area (Å²) < 4.78 is 0. The number of rotatable bonds is 5. The van der Waals surface area contributed by atoms with Crippen molar-refractivity contribution in [1.82, 2.24) is 4.90 Å². The molecule has 2 aromatic rings. The zero-order valence-electron chi connectivity index (χ0n) is 18.2. The van der Waals surface area contributed by atoms with Crippen LogP contribution in [0.4, 0.5) is 5.69 Å². The van der Waals surface area contributed by atoms with Crippen LogP contribution in [0.1, 0.15) is 73.9 Å². The maximum Gasteiger partial charge on any atom is 0.253 e. The molecule has 0 spiro atoms. The summed E-state index contributed by atoms with van der Waals surface area (Å²) in [4.78, 5) is 27.9. The molecule has 0 aliphatic carbocycles. The minimum Gasteiger partial charge on any atom is -0.338 e. The Morgan fingerprint density at radius 2 is 1.60 bits per heavy atom. The van der Waals surface area contributed by atoms with E-state index in [1.54, 1.807) is 29.2 Å². The molecule has 5 heteroatoms. The van der Waals surface area contributed by atoms with Gasteiger partial charge in [0.25, 0.3) is 5.91 Å². The van der Waals surface area contributed by atoms with E-state index in [-0.39, 0.29) is 17.7 Å². The van der Waals surface area contributed by atoms with Crippen molar-refractivity contribution in [3.05, 3.63) is 64.2 Å². The van der Waals surface area contributed by atoms with E-state index >= 15 is 0 Å². The molecule has 0 saturated carbocycles. The molecule has 0 radical (unpaired) electrons. The maximum atomic E-state index is 13.2. The van der Waals surface area contributed by atoms with Gasteiger partial charge in [-0.15, -0.1) is 0 Å². The number of piperidine rings is 1. The number of halogens is 1. The second-order valence-corrected chi connectivity index (χ2v) is 9.14. The Morgan fingerprint density at radius 1 is 1.00 bits per heavy atom. The molecular weight excluding hydrogens is 396 g/mol. The first kappa shape index (κ1) is 22.4. The highest BCUT2D eigenvalue weighted by atomic mass is 35.5. The third-order valence-electron chi connectivity index (χ3n) is 5.79. The number of hydrogen-bond acceptors (Lipinski definition) is 2. The van der Waals surface area contributed by atoms with Gasteiger partial charge < -0.3 is 10.2 Å². The second-order valence-electron chi connectivity index (χ2n) is 8.71. The summed E-state index contributed by atoms with van der Waals surface area (Å²) >= 11 is 5.94. The van der Waals surface area contributed by atoms with Crippen LogP contribution in [0, 0.1) is 5.92 Å². The molecule has 2 aromatic carbocycles. The molecule has 0 unspecified atom stereocenters. The van der Waals surface area contributed by atoms with Gasteiger partial charge in [-0.05, 0) is 60.1 Å². The molecule has 1 fully saturated rings. The lowest BCUT2D eigenvalue weighted by molar-refractivity contribution is -0.121. The van der Waals surface area contributed by atoms with Crippen LogP contribution < -0.4 is 5.32 Å². The SMILES string of the molecule is CC(C)c1cccc(C(C)C)c1NC(=O)[C@H]1CCCN(C(=O)c2ccc(Cl)cc2)C1. The van der Waals surface area contributed by atoms with Gasteiger partial charge in [0.05, 0.1) is 5.92 Å². The van der Waals surface area contributed by atoms with Gasteiger partial charge in [-0.25, -0.2) is 0 Å². The van der Waals surface area contributed by atoms with Gasteiger partial charge >= 0.3 is 0 Å². The summed E-state index contributed by atoms with van der Waals surface area (Å²) in [5.74, 6) is 0.366. The van der Waals surface area contributed by atoms with Crippen molar-refractivity contribution in [1.29, 1.82) is 0 Å². The van der Waals surface area contributed by atoms with Gasteiger partial charge in [-0.2, -0.15) is 0 Å². The van der Waals surface area contributed by atoms with Crippen molar-refractivity contribution >= 4 is 29.1 Å². The van der Waals surface area contributed by atoms with Crippen LogP contribution in [0.3, 0.4) is 0 Å². The Hall–Kier alpha value is -2.33. The molecule has 1 heterocycles. The van der Waals surface area contributed by atoms with Crippen LogP contribution in [0.5, 0.6) is 0 Å². The summed E-state index contributed by atoms with van der Waals surface area (Å²) in [5, 5.41) is 3.83. The van der Waals surface area contributed by atoms with Crippen molar-refractivity contribution in [3.63, 3.8) is 0 Å². The monoisotopic (exact) mass is 426 g/mol.